The lowest BCUT2D eigenvalue weighted by Crippen LogP contribution is -2.24. The van der Waals surface area contributed by atoms with E-state index in [-0.39, 0.29) is 18.1 Å². The third kappa shape index (κ3) is 3.59. The molecule has 6 nitrogen and oxygen atoms in total. The van der Waals surface area contributed by atoms with Gasteiger partial charge in [-0.1, -0.05) is 12.1 Å². The summed E-state index contributed by atoms with van der Waals surface area (Å²) < 4.78 is 6.96. The lowest BCUT2D eigenvalue weighted by atomic mass is 10.2. The minimum Gasteiger partial charge on any atom is -0.460 e. The van der Waals surface area contributed by atoms with E-state index in [1.54, 1.807) is 43.7 Å². The van der Waals surface area contributed by atoms with Crippen molar-refractivity contribution in [2.45, 2.75) is 39.3 Å². The number of para-hydroxylation sites is 1. The topological polar surface area (TPSA) is 74.4 Å². The van der Waals surface area contributed by atoms with E-state index in [0.29, 0.717) is 12.1 Å². The largest absolute Gasteiger partial charge is 0.460 e. The first-order valence-corrected chi connectivity index (χ1v) is 6.72. The van der Waals surface area contributed by atoms with Crippen LogP contribution in [0.1, 0.15) is 27.2 Å². The molecule has 1 heterocycles. The van der Waals surface area contributed by atoms with E-state index in [1.165, 1.54) is 6.07 Å². The number of benzene rings is 1. The van der Waals surface area contributed by atoms with Gasteiger partial charge in [0.25, 0.3) is 5.69 Å². The van der Waals surface area contributed by atoms with Gasteiger partial charge in [-0.2, -0.15) is 0 Å². The molecule has 0 spiro atoms. The summed E-state index contributed by atoms with van der Waals surface area (Å²) >= 11 is 0. The van der Waals surface area contributed by atoms with Crippen LogP contribution in [0.4, 0.5) is 5.69 Å². The van der Waals surface area contributed by atoms with Crippen molar-refractivity contribution in [1.82, 2.24) is 4.57 Å². The highest BCUT2D eigenvalue weighted by atomic mass is 16.6. The van der Waals surface area contributed by atoms with Crippen LogP contribution in [0.25, 0.3) is 10.9 Å². The number of aromatic nitrogens is 1. The van der Waals surface area contributed by atoms with E-state index in [0.717, 1.165) is 5.39 Å². The summed E-state index contributed by atoms with van der Waals surface area (Å²) in [7, 11) is 0. The summed E-state index contributed by atoms with van der Waals surface area (Å²) in [6.07, 6.45) is 1.93. The Morgan fingerprint density at radius 1 is 1.33 bits per heavy atom. The van der Waals surface area contributed by atoms with E-state index in [9.17, 15) is 14.9 Å². The van der Waals surface area contributed by atoms with Crippen LogP contribution < -0.4 is 0 Å². The Morgan fingerprint density at radius 2 is 2.05 bits per heavy atom. The van der Waals surface area contributed by atoms with Gasteiger partial charge in [0.15, 0.2) is 0 Å². The lowest BCUT2D eigenvalue weighted by molar-refractivity contribution is -0.383. The van der Waals surface area contributed by atoms with E-state index in [4.69, 9.17) is 4.74 Å². The predicted octanol–water partition coefficient (Wildman–Crippen LogP) is 3.28. The fourth-order valence-corrected chi connectivity index (χ4v) is 2.18. The zero-order chi connectivity index (χ0) is 15.6. The predicted molar refractivity (Wildman–Crippen MR) is 79.1 cm³/mol. The van der Waals surface area contributed by atoms with Gasteiger partial charge in [0.05, 0.1) is 11.3 Å². The Hall–Kier alpha value is -2.37. The molecule has 0 aliphatic heterocycles. The molecule has 0 aliphatic rings. The molecule has 0 saturated carbocycles. The molecule has 0 unspecified atom stereocenters. The molecule has 0 atom stereocenters. The van der Waals surface area contributed by atoms with Crippen LogP contribution in [-0.2, 0) is 16.1 Å². The Kier molecular flexibility index (Phi) is 3.97. The van der Waals surface area contributed by atoms with E-state index in [1.807, 2.05) is 6.07 Å². The number of carbonyl (C=O) groups is 1. The van der Waals surface area contributed by atoms with Gasteiger partial charge in [-0.05, 0) is 26.8 Å². The summed E-state index contributed by atoms with van der Waals surface area (Å²) in [6.45, 7) is 5.77. The van der Waals surface area contributed by atoms with Crippen LogP contribution in [0.2, 0.25) is 0 Å². The van der Waals surface area contributed by atoms with Gasteiger partial charge in [-0.25, -0.2) is 0 Å². The second-order valence-corrected chi connectivity index (χ2v) is 5.82. The van der Waals surface area contributed by atoms with Crippen molar-refractivity contribution in [1.29, 1.82) is 0 Å². The number of ether oxygens (including phenoxy) is 1. The maximum atomic E-state index is 11.7. The first-order chi connectivity index (χ1) is 9.78. The molecule has 0 fully saturated rings. The number of rotatable bonds is 4. The van der Waals surface area contributed by atoms with Crippen LogP contribution in [0.3, 0.4) is 0 Å². The SMILES string of the molecule is CC(C)(C)OC(=O)CCn1ccc2cccc([N+](=O)[O-])c21. The molecule has 0 amide bonds. The molecule has 0 radical (unpaired) electrons. The zero-order valence-electron chi connectivity index (χ0n) is 12.3. The molecular weight excluding hydrogens is 272 g/mol. The van der Waals surface area contributed by atoms with Crippen LogP contribution in [0.5, 0.6) is 0 Å². The number of non-ortho nitro benzene ring substituents is 1. The van der Waals surface area contributed by atoms with Crippen molar-refractivity contribution in [3.8, 4) is 0 Å². The van der Waals surface area contributed by atoms with Crippen molar-refractivity contribution in [3.63, 3.8) is 0 Å². The average molecular weight is 290 g/mol. The molecule has 0 saturated heterocycles. The molecule has 0 aliphatic carbocycles. The molecule has 2 aromatic rings. The maximum Gasteiger partial charge on any atom is 0.308 e. The zero-order valence-corrected chi connectivity index (χ0v) is 12.3. The number of esters is 1. The molecule has 21 heavy (non-hydrogen) atoms. The number of fused-ring (bicyclic) bond motifs is 1. The first-order valence-electron chi connectivity index (χ1n) is 6.72. The highest BCUT2D eigenvalue weighted by molar-refractivity contribution is 5.88. The van der Waals surface area contributed by atoms with Gasteiger partial charge in [0, 0.05) is 24.2 Å². The highest BCUT2D eigenvalue weighted by Crippen LogP contribution is 2.26. The number of nitro benzene ring substituents is 1. The number of nitrogens with zero attached hydrogens (tertiary/aromatic N) is 2. The van der Waals surface area contributed by atoms with Crippen molar-refractivity contribution in [3.05, 3.63) is 40.6 Å². The van der Waals surface area contributed by atoms with Gasteiger partial charge in [0.2, 0.25) is 0 Å². The third-order valence-electron chi connectivity index (χ3n) is 2.94. The minimum absolute atomic E-state index is 0.0432. The van der Waals surface area contributed by atoms with Crippen molar-refractivity contribution in [2.75, 3.05) is 0 Å². The normalized spacial score (nSPS) is 11.6. The van der Waals surface area contributed by atoms with Gasteiger partial charge in [0.1, 0.15) is 11.1 Å². The Morgan fingerprint density at radius 3 is 2.67 bits per heavy atom. The second kappa shape index (κ2) is 5.55. The highest BCUT2D eigenvalue weighted by Gasteiger charge is 2.18. The number of nitro groups is 1. The Balaban J connectivity index is 2.20. The van der Waals surface area contributed by atoms with Crippen LogP contribution in [0, 0.1) is 10.1 Å². The lowest BCUT2D eigenvalue weighted by Gasteiger charge is -2.19. The minimum atomic E-state index is -0.526. The quantitative estimate of drug-likeness (QED) is 0.492. The van der Waals surface area contributed by atoms with E-state index >= 15 is 0 Å². The standard InChI is InChI=1S/C15H18N2O4/c1-15(2,3)21-13(18)8-10-16-9-7-11-5-4-6-12(14(11)16)17(19)20/h4-7,9H,8,10H2,1-3H3. The van der Waals surface area contributed by atoms with Gasteiger partial charge in [-0.15, -0.1) is 0 Å². The number of aryl methyl sites for hydroxylation is 1. The van der Waals surface area contributed by atoms with Crippen molar-refractivity contribution >= 4 is 22.6 Å². The average Bonchev–Trinajstić information content (AvgIpc) is 2.77. The summed E-state index contributed by atoms with van der Waals surface area (Å²) in [5.74, 6) is -0.317. The van der Waals surface area contributed by atoms with E-state index < -0.39 is 10.5 Å². The Bertz CT molecular complexity index is 683. The molecule has 1 aromatic carbocycles. The smallest absolute Gasteiger partial charge is 0.308 e. The molecular formula is C15H18N2O4. The van der Waals surface area contributed by atoms with Crippen molar-refractivity contribution < 1.29 is 14.5 Å². The van der Waals surface area contributed by atoms with Gasteiger partial charge in [-0.3, -0.25) is 14.9 Å². The second-order valence-electron chi connectivity index (χ2n) is 5.82. The summed E-state index contributed by atoms with van der Waals surface area (Å²) in [5, 5.41) is 11.9. The summed E-state index contributed by atoms with van der Waals surface area (Å²) in [6, 6.07) is 6.73. The van der Waals surface area contributed by atoms with E-state index in [2.05, 4.69) is 0 Å². The monoisotopic (exact) mass is 290 g/mol. The van der Waals surface area contributed by atoms with Crippen LogP contribution in [-0.4, -0.2) is 21.1 Å². The molecule has 0 bridgehead atoms. The van der Waals surface area contributed by atoms with Gasteiger partial charge < -0.3 is 9.30 Å². The maximum absolute atomic E-state index is 11.7. The molecule has 112 valence electrons. The first kappa shape index (κ1) is 15.0. The molecule has 1 aromatic heterocycles. The number of hydrogen-bond acceptors (Lipinski definition) is 4. The molecule has 0 N–H and O–H groups in total. The number of hydrogen-bond donors (Lipinski definition) is 0. The van der Waals surface area contributed by atoms with Gasteiger partial charge >= 0.3 is 5.97 Å². The summed E-state index contributed by atoms with van der Waals surface area (Å²) in [5.41, 5.74) is 0.0507. The fourth-order valence-electron chi connectivity index (χ4n) is 2.18. The number of carbonyl (C=O) groups excluding carboxylic acids is 1. The fraction of sp³-hybridized carbons (Fsp3) is 0.400. The van der Waals surface area contributed by atoms with Crippen LogP contribution in [0.15, 0.2) is 30.5 Å². The molecule has 2 rings (SSSR count). The molecule has 6 heteroatoms. The third-order valence-corrected chi connectivity index (χ3v) is 2.94. The Labute approximate surface area is 122 Å². The van der Waals surface area contributed by atoms with Crippen LogP contribution >= 0.6 is 0 Å². The van der Waals surface area contributed by atoms with Crippen molar-refractivity contribution in [2.24, 2.45) is 0 Å². The summed E-state index contributed by atoms with van der Waals surface area (Å²) in [4.78, 5) is 22.4.